The van der Waals surface area contributed by atoms with Gasteiger partial charge in [0.05, 0.1) is 13.7 Å². The summed E-state index contributed by atoms with van der Waals surface area (Å²) in [7, 11) is 1.50. The lowest BCUT2D eigenvalue weighted by Gasteiger charge is -2.17. The molecule has 0 radical (unpaired) electrons. The first-order valence-corrected chi connectivity index (χ1v) is 9.63. The number of phenolic OH excluding ortho intramolecular Hbond substituents is 1. The largest absolute Gasteiger partial charge is 0.507 e. The van der Waals surface area contributed by atoms with E-state index in [1.54, 1.807) is 18.2 Å². The molecule has 160 valence electrons. The minimum Gasteiger partial charge on any atom is -0.507 e. The van der Waals surface area contributed by atoms with Crippen molar-refractivity contribution in [1.82, 2.24) is 0 Å². The third kappa shape index (κ3) is 6.20. The van der Waals surface area contributed by atoms with Crippen LogP contribution >= 0.6 is 0 Å². The SMILES string of the molecule is C=C(C)CCc1c(OC)cc(/C=C/c2ccccc2)c(C(=O)OCC(O)CO)c1O. The minimum absolute atomic E-state index is 0.0233. The van der Waals surface area contributed by atoms with Gasteiger partial charge in [-0.3, -0.25) is 0 Å². The molecule has 0 amide bonds. The van der Waals surface area contributed by atoms with E-state index in [0.29, 0.717) is 29.7 Å². The fourth-order valence-corrected chi connectivity index (χ4v) is 2.86. The second kappa shape index (κ2) is 11.2. The lowest BCUT2D eigenvalue weighted by Crippen LogP contribution is -2.22. The molecule has 0 heterocycles. The molecule has 0 bridgehead atoms. The molecule has 0 aliphatic heterocycles. The number of rotatable bonds is 10. The van der Waals surface area contributed by atoms with Gasteiger partial charge in [-0.2, -0.15) is 0 Å². The molecule has 0 aliphatic carbocycles. The van der Waals surface area contributed by atoms with Gasteiger partial charge in [0.1, 0.15) is 29.8 Å². The standard InChI is InChI=1S/C24H28O6/c1-16(2)9-12-20-21(29-3)13-18(11-10-17-7-5-4-6-8-17)22(23(20)27)24(28)30-15-19(26)14-25/h4-8,10-11,13,19,25-27H,1,9,12,14-15H2,2-3H3/b11-10+. The number of methoxy groups -OCH3 is 1. The summed E-state index contributed by atoms with van der Waals surface area (Å²) in [6.07, 6.45) is 3.36. The summed E-state index contributed by atoms with van der Waals surface area (Å²) in [6.45, 7) is 4.84. The Bertz CT molecular complexity index is 902. The number of carbonyl (C=O) groups excluding carboxylic acids is 1. The van der Waals surface area contributed by atoms with Crippen molar-refractivity contribution in [3.05, 3.63) is 70.8 Å². The minimum atomic E-state index is -1.19. The van der Waals surface area contributed by atoms with Crippen LogP contribution in [0.1, 0.15) is 40.4 Å². The molecule has 0 saturated heterocycles. The molecule has 6 nitrogen and oxygen atoms in total. The van der Waals surface area contributed by atoms with E-state index in [2.05, 4.69) is 6.58 Å². The Morgan fingerprint density at radius 3 is 2.53 bits per heavy atom. The molecule has 0 fully saturated rings. The molecule has 0 saturated carbocycles. The summed E-state index contributed by atoms with van der Waals surface area (Å²) in [6, 6.07) is 11.2. The fraction of sp³-hybridized carbons (Fsp3) is 0.292. The third-order valence-corrected chi connectivity index (χ3v) is 4.49. The predicted octanol–water partition coefficient (Wildman–Crippen LogP) is 3.59. The van der Waals surface area contributed by atoms with Gasteiger partial charge < -0.3 is 24.8 Å². The van der Waals surface area contributed by atoms with Gasteiger partial charge in [0, 0.05) is 5.56 Å². The van der Waals surface area contributed by atoms with Gasteiger partial charge in [0.2, 0.25) is 0 Å². The molecule has 6 heteroatoms. The van der Waals surface area contributed by atoms with E-state index in [4.69, 9.17) is 14.6 Å². The van der Waals surface area contributed by atoms with Crippen molar-refractivity contribution in [1.29, 1.82) is 0 Å². The van der Waals surface area contributed by atoms with Crippen LogP contribution in [0.3, 0.4) is 0 Å². The van der Waals surface area contributed by atoms with Crippen molar-refractivity contribution in [2.75, 3.05) is 20.3 Å². The van der Waals surface area contributed by atoms with Crippen LogP contribution in [0, 0.1) is 0 Å². The molecule has 2 rings (SSSR count). The van der Waals surface area contributed by atoms with Crippen LogP contribution < -0.4 is 4.74 Å². The first-order valence-electron chi connectivity index (χ1n) is 9.63. The van der Waals surface area contributed by atoms with E-state index in [-0.39, 0.29) is 17.9 Å². The zero-order chi connectivity index (χ0) is 22.1. The highest BCUT2D eigenvalue weighted by atomic mass is 16.5. The van der Waals surface area contributed by atoms with Gasteiger partial charge >= 0.3 is 5.97 Å². The van der Waals surface area contributed by atoms with Gasteiger partial charge in [-0.1, -0.05) is 48.1 Å². The monoisotopic (exact) mass is 412 g/mol. The van der Waals surface area contributed by atoms with Gasteiger partial charge in [-0.15, -0.1) is 6.58 Å². The molecule has 2 aromatic carbocycles. The Morgan fingerprint density at radius 2 is 1.93 bits per heavy atom. The lowest BCUT2D eigenvalue weighted by atomic mass is 9.96. The van der Waals surface area contributed by atoms with Gasteiger partial charge in [-0.25, -0.2) is 4.79 Å². The Hall–Kier alpha value is -3.09. The second-order valence-corrected chi connectivity index (χ2v) is 7.01. The number of hydrogen-bond acceptors (Lipinski definition) is 6. The first-order chi connectivity index (χ1) is 14.4. The van der Waals surface area contributed by atoms with Crippen LogP contribution in [0.15, 0.2) is 48.6 Å². The van der Waals surface area contributed by atoms with Gasteiger partial charge in [0.25, 0.3) is 0 Å². The molecule has 0 aromatic heterocycles. The summed E-state index contributed by atoms with van der Waals surface area (Å²) in [5.74, 6) is -0.577. The molecule has 3 N–H and O–H groups in total. The zero-order valence-electron chi connectivity index (χ0n) is 17.3. The second-order valence-electron chi connectivity index (χ2n) is 7.01. The Kier molecular flexibility index (Phi) is 8.65. The van der Waals surface area contributed by atoms with Crippen LogP contribution in [0.5, 0.6) is 11.5 Å². The maximum atomic E-state index is 12.7. The lowest BCUT2D eigenvalue weighted by molar-refractivity contribution is 0.00910. The maximum Gasteiger partial charge on any atom is 0.342 e. The molecule has 1 unspecified atom stereocenters. The topological polar surface area (TPSA) is 96.2 Å². The molecule has 0 spiro atoms. The molecule has 0 aliphatic rings. The van der Waals surface area contributed by atoms with Crippen molar-refractivity contribution in [3.63, 3.8) is 0 Å². The molecule has 1 atom stereocenters. The van der Waals surface area contributed by atoms with E-state index >= 15 is 0 Å². The highest BCUT2D eigenvalue weighted by molar-refractivity contribution is 5.98. The summed E-state index contributed by atoms with van der Waals surface area (Å²) in [4.78, 5) is 12.7. The number of carbonyl (C=O) groups is 1. The van der Waals surface area contributed by atoms with E-state index < -0.39 is 18.7 Å². The molecular weight excluding hydrogens is 384 g/mol. The molecular formula is C24H28O6. The highest BCUT2D eigenvalue weighted by Crippen LogP contribution is 2.37. The average molecular weight is 412 g/mol. The van der Waals surface area contributed by atoms with Crippen LogP contribution in [0.4, 0.5) is 0 Å². The van der Waals surface area contributed by atoms with Crippen molar-refractivity contribution in [2.45, 2.75) is 25.9 Å². The van der Waals surface area contributed by atoms with Crippen LogP contribution in [0.2, 0.25) is 0 Å². The Balaban J connectivity index is 2.51. The van der Waals surface area contributed by atoms with Crippen molar-refractivity contribution in [2.24, 2.45) is 0 Å². The predicted molar refractivity (Wildman–Crippen MR) is 117 cm³/mol. The number of aliphatic hydroxyl groups excluding tert-OH is 2. The summed E-state index contributed by atoms with van der Waals surface area (Å²) in [5.41, 5.74) is 2.71. The zero-order valence-corrected chi connectivity index (χ0v) is 17.3. The Morgan fingerprint density at radius 1 is 1.23 bits per heavy atom. The van der Waals surface area contributed by atoms with Crippen LogP contribution in [-0.2, 0) is 11.2 Å². The number of esters is 1. The quantitative estimate of drug-likeness (QED) is 0.314. The van der Waals surface area contributed by atoms with Crippen LogP contribution in [0.25, 0.3) is 12.2 Å². The smallest absolute Gasteiger partial charge is 0.342 e. The number of aromatic hydroxyl groups is 1. The van der Waals surface area contributed by atoms with Crippen molar-refractivity contribution >= 4 is 18.1 Å². The summed E-state index contributed by atoms with van der Waals surface area (Å²) < 4.78 is 10.6. The number of benzene rings is 2. The van der Waals surface area contributed by atoms with E-state index in [1.165, 1.54) is 7.11 Å². The number of allylic oxidation sites excluding steroid dienone is 1. The number of aliphatic hydroxyl groups is 2. The van der Waals surface area contributed by atoms with Crippen molar-refractivity contribution < 1.29 is 29.6 Å². The van der Waals surface area contributed by atoms with Gasteiger partial charge in [0.15, 0.2) is 0 Å². The summed E-state index contributed by atoms with van der Waals surface area (Å²) >= 11 is 0. The van der Waals surface area contributed by atoms with Crippen LogP contribution in [-0.4, -0.2) is 47.7 Å². The molecule has 2 aromatic rings. The fourth-order valence-electron chi connectivity index (χ4n) is 2.86. The number of hydrogen-bond donors (Lipinski definition) is 3. The third-order valence-electron chi connectivity index (χ3n) is 4.49. The van der Waals surface area contributed by atoms with E-state index in [0.717, 1.165) is 11.1 Å². The number of ether oxygens (including phenoxy) is 2. The first kappa shape index (κ1) is 23.2. The van der Waals surface area contributed by atoms with Gasteiger partial charge in [-0.05, 0) is 37.0 Å². The Labute approximate surface area is 176 Å². The normalized spacial score (nSPS) is 12.0. The summed E-state index contributed by atoms with van der Waals surface area (Å²) in [5, 5.41) is 29.4. The van der Waals surface area contributed by atoms with E-state index in [9.17, 15) is 15.0 Å². The van der Waals surface area contributed by atoms with Crippen molar-refractivity contribution in [3.8, 4) is 11.5 Å². The number of phenols is 1. The average Bonchev–Trinajstić information content (AvgIpc) is 2.75. The molecule has 30 heavy (non-hydrogen) atoms. The maximum absolute atomic E-state index is 12.7. The van der Waals surface area contributed by atoms with E-state index in [1.807, 2.05) is 37.3 Å². The highest BCUT2D eigenvalue weighted by Gasteiger charge is 2.24.